The Bertz CT molecular complexity index is 361. The van der Waals surface area contributed by atoms with E-state index in [1.807, 2.05) is 0 Å². The van der Waals surface area contributed by atoms with Crippen LogP contribution in [-0.4, -0.2) is 18.2 Å². The van der Waals surface area contributed by atoms with Gasteiger partial charge in [0, 0.05) is 0 Å². The van der Waals surface area contributed by atoms with Crippen LogP contribution in [-0.2, 0) is 11.2 Å². The summed E-state index contributed by atoms with van der Waals surface area (Å²) in [5.41, 5.74) is 1.18. The number of benzene rings is 1. The first-order valence-corrected chi connectivity index (χ1v) is 4.09. The van der Waals surface area contributed by atoms with E-state index in [1.54, 1.807) is 6.92 Å². The number of aryl methyl sites for hydroxylation is 1. The van der Waals surface area contributed by atoms with Crippen LogP contribution in [0.1, 0.15) is 11.1 Å². The molecule has 0 aliphatic rings. The predicted octanol–water partition coefficient (Wildman–Crippen LogP) is 1.77. The fourth-order valence-corrected chi connectivity index (χ4v) is 1.21. The topological polar surface area (TPSA) is 46.5 Å². The van der Waals surface area contributed by atoms with Crippen LogP contribution in [0.2, 0.25) is 0 Å². The smallest absolute Gasteiger partial charge is 0.307 e. The number of hydrogen-bond donors (Lipinski definition) is 1. The Hall–Kier alpha value is -1.58. The van der Waals surface area contributed by atoms with Crippen LogP contribution >= 0.6 is 0 Å². The zero-order valence-corrected chi connectivity index (χ0v) is 8.00. The van der Waals surface area contributed by atoms with Crippen LogP contribution in [0.5, 0.6) is 5.75 Å². The highest BCUT2D eigenvalue weighted by atomic mass is 19.1. The van der Waals surface area contributed by atoms with Crippen molar-refractivity contribution >= 4 is 5.97 Å². The highest BCUT2D eigenvalue weighted by Crippen LogP contribution is 2.21. The van der Waals surface area contributed by atoms with Gasteiger partial charge in [-0.15, -0.1) is 0 Å². The SMILES string of the molecule is COc1cc(C)c(CC(=O)O)cc1F. The first-order valence-electron chi connectivity index (χ1n) is 4.09. The second-order valence-electron chi connectivity index (χ2n) is 2.98. The van der Waals surface area contributed by atoms with Crippen LogP contribution in [0.15, 0.2) is 12.1 Å². The van der Waals surface area contributed by atoms with Gasteiger partial charge in [0.25, 0.3) is 0 Å². The predicted molar refractivity (Wildman–Crippen MR) is 49.0 cm³/mol. The summed E-state index contributed by atoms with van der Waals surface area (Å²) in [6, 6.07) is 2.69. The van der Waals surface area contributed by atoms with E-state index in [0.717, 1.165) is 0 Å². The number of methoxy groups -OCH3 is 1. The van der Waals surface area contributed by atoms with E-state index in [4.69, 9.17) is 9.84 Å². The monoisotopic (exact) mass is 198 g/mol. The van der Waals surface area contributed by atoms with E-state index < -0.39 is 11.8 Å². The molecule has 1 aromatic rings. The molecule has 0 atom stereocenters. The molecule has 0 saturated carbocycles. The van der Waals surface area contributed by atoms with Crippen LogP contribution in [0.3, 0.4) is 0 Å². The zero-order chi connectivity index (χ0) is 10.7. The Morgan fingerprint density at radius 3 is 2.71 bits per heavy atom. The molecule has 0 aliphatic heterocycles. The molecular weight excluding hydrogens is 187 g/mol. The fraction of sp³-hybridized carbons (Fsp3) is 0.300. The zero-order valence-electron chi connectivity index (χ0n) is 8.00. The Kier molecular flexibility index (Phi) is 3.06. The second-order valence-corrected chi connectivity index (χ2v) is 2.98. The van der Waals surface area contributed by atoms with E-state index in [-0.39, 0.29) is 12.2 Å². The van der Waals surface area contributed by atoms with Crippen molar-refractivity contribution in [2.75, 3.05) is 7.11 Å². The number of carbonyl (C=O) groups is 1. The van der Waals surface area contributed by atoms with Gasteiger partial charge in [0.2, 0.25) is 0 Å². The lowest BCUT2D eigenvalue weighted by atomic mass is 10.1. The molecule has 0 bridgehead atoms. The lowest BCUT2D eigenvalue weighted by Gasteiger charge is -2.07. The van der Waals surface area contributed by atoms with Gasteiger partial charge in [0.1, 0.15) is 0 Å². The van der Waals surface area contributed by atoms with Crippen molar-refractivity contribution in [3.63, 3.8) is 0 Å². The molecule has 4 heteroatoms. The van der Waals surface area contributed by atoms with E-state index in [1.165, 1.54) is 19.2 Å². The van der Waals surface area contributed by atoms with Gasteiger partial charge < -0.3 is 9.84 Å². The van der Waals surface area contributed by atoms with Crippen molar-refractivity contribution in [1.82, 2.24) is 0 Å². The third kappa shape index (κ3) is 2.22. The number of rotatable bonds is 3. The van der Waals surface area contributed by atoms with Crippen molar-refractivity contribution in [2.45, 2.75) is 13.3 Å². The maximum atomic E-state index is 13.2. The average molecular weight is 198 g/mol. The maximum absolute atomic E-state index is 13.2. The average Bonchev–Trinajstić information content (AvgIpc) is 2.10. The molecular formula is C10H11FO3. The van der Waals surface area contributed by atoms with Crippen molar-refractivity contribution in [2.24, 2.45) is 0 Å². The molecule has 76 valence electrons. The van der Waals surface area contributed by atoms with Gasteiger partial charge in [-0.25, -0.2) is 4.39 Å². The summed E-state index contributed by atoms with van der Waals surface area (Å²) in [6.07, 6.45) is -0.174. The molecule has 0 fully saturated rings. The number of aliphatic carboxylic acids is 1. The van der Waals surface area contributed by atoms with E-state index >= 15 is 0 Å². The molecule has 14 heavy (non-hydrogen) atoms. The molecule has 0 unspecified atom stereocenters. The number of hydrogen-bond acceptors (Lipinski definition) is 2. The van der Waals surface area contributed by atoms with E-state index in [2.05, 4.69) is 0 Å². The van der Waals surface area contributed by atoms with Crippen molar-refractivity contribution in [3.8, 4) is 5.75 Å². The molecule has 0 spiro atoms. The molecule has 3 nitrogen and oxygen atoms in total. The molecule has 1 aromatic carbocycles. The maximum Gasteiger partial charge on any atom is 0.307 e. The molecule has 0 aromatic heterocycles. The molecule has 1 N–H and O–H groups in total. The van der Waals surface area contributed by atoms with Gasteiger partial charge in [-0.1, -0.05) is 0 Å². The quantitative estimate of drug-likeness (QED) is 0.805. The summed E-state index contributed by atoms with van der Waals surface area (Å²) in [7, 11) is 1.37. The van der Waals surface area contributed by atoms with Crippen molar-refractivity contribution < 1.29 is 19.0 Å². The lowest BCUT2D eigenvalue weighted by Crippen LogP contribution is -2.03. The highest BCUT2D eigenvalue weighted by molar-refractivity contribution is 5.70. The molecule has 0 aliphatic carbocycles. The molecule has 0 heterocycles. The van der Waals surface area contributed by atoms with Gasteiger partial charge in [-0.2, -0.15) is 0 Å². The largest absolute Gasteiger partial charge is 0.494 e. The Labute approximate surface area is 81.1 Å². The minimum absolute atomic E-state index is 0.136. The Morgan fingerprint density at radius 2 is 2.21 bits per heavy atom. The van der Waals surface area contributed by atoms with E-state index in [9.17, 15) is 9.18 Å². The molecule has 0 radical (unpaired) electrons. The van der Waals surface area contributed by atoms with Gasteiger partial charge in [0.05, 0.1) is 13.5 Å². The minimum Gasteiger partial charge on any atom is -0.494 e. The van der Waals surface area contributed by atoms with Crippen LogP contribution in [0.25, 0.3) is 0 Å². The molecule has 0 saturated heterocycles. The number of halogens is 1. The van der Waals surface area contributed by atoms with Crippen LogP contribution in [0, 0.1) is 12.7 Å². The number of carboxylic acids is 1. The van der Waals surface area contributed by atoms with Crippen molar-refractivity contribution in [1.29, 1.82) is 0 Å². The highest BCUT2D eigenvalue weighted by Gasteiger charge is 2.09. The minimum atomic E-state index is -0.974. The molecule has 1 rings (SSSR count). The standard InChI is InChI=1S/C10H11FO3/c1-6-3-9(14-2)8(11)4-7(6)5-10(12)13/h3-4H,5H2,1-2H3,(H,12,13). The van der Waals surface area contributed by atoms with Crippen LogP contribution < -0.4 is 4.74 Å². The first-order chi connectivity index (χ1) is 6.54. The summed E-state index contributed by atoms with van der Waals surface area (Å²) in [4.78, 5) is 10.4. The Morgan fingerprint density at radius 1 is 1.57 bits per heavy atom. The van der Waals surface area contributed by atoms with Crippen molar-refractivity contribution in [3.05, 3.63) is 29.1 Å². The van der Waals surface area contributed by atoms with Gasteiger partial charge >= 0.3 is 5.97 Å². The third-order valence-electron chi connectivity index (χ3n) is 1.95. The third-order valence-corrected chi connectivity index (χ3v) is 1.95. The summed E-state index contributed by atoms with van der Waals surface area (Å²) >= 11 is 0. The van der Waals surface area contributed by atoms with Gasteiger partial charge in [-0.3, -0.25) is 4.79 Å². The lowest BCUT2D eigenvalue weighted by molar-refractivity contribution is -0.136. The van der Waals surface area contributed by atoms with E-state index in [0.29, 0.717) is 11.1 Å². The summed E-state index contributed by atoms with van der Waals surface area (Å²) in [5, 5.41) is 8.56. The molecule has 0 amide bonds. The Balaban J connectivity index is 3.08. The van der Waals surface area contributed by atoms with Gasteiger partial charge in [0.15, 0.2) is 11.6 Å². The van der Waals surface area contributed by atoms with Crippen LogP contribution in [0.4, 0.5) is 4.39 Å². The number of carboxylic acid groups (broad SMARTS) is 1. The number of ether oxygens (including phenoxy) is 1. The second kappa shape index (κ2) is 4.09. The summed E-state index contributed by atoms with van der Waals surface area (Å²) < 4.78 is 17.9. The normalized spacial score (nSPS) is 9.93. The summed E-state index contributed by atoms with van der Waals surface area (Å²) in [5.74, 6) is -1.37. The first kappa shape index (κ1) is 10.5. The fourth-order valence-electron chi connectivity index (χ4n) is 1.21. The van der Waals surface area contributed by atoms with Gasteiger partial charge in [-0.05, 0) is 30.2 Å². The summed E-state index contributed by atoms with van der Waals surface area (Å²) in [6.45, 7) is 1.72.